The molecule has 0 saturated carbocycles. The number of para-hydroxylation sites is 1. The fourth-order valence-electron chi connectivity index (χ4n) is 8.09. The maximum absolute atomic E-state index is 6.63. The van der Waals surface area contributed by atoms with Crippen molar-refractivity contribution in [1.29, 1.82) is 0 Å². The van der Waals surface area contributed by atoms with Gasteiger partial charge in [0.2, 0.25) is 5.89 Å². The lowest BCUT2D eigenvalue weighted by Crippen LogP contribution is -2.00. The van der Waals surface area contributed by atoms with Crippen LogP contribution in [0.1, 0.15) is 0 Å². The van der Waals surface area contributed by atoms with E-state index in [2.05, 4.69) is 66.7 Å². The molecule has 0 radical (unpaired) electrons. The predicted molar refractivity (Wildman–Crippen MR) is 227 cm³/mol. The fraction of sp³-hybridized carbons (Fsp3) is 0. The van der Waals surface area contributed by atoms with E-state index >= 15 is 0 Å². The van der Waals surface area contributed by atoms with Crippen molar-refractivity contribution in [2.45, 2.75) is 0 Å². The van der Waals surface area contributed by atoms with Crippen molar-refractivity contribution in [2.75, 3.05) is 0 Å². The molecule has 0 amide bonds. The minimum atomic E-state index is 0.553. The van der Waals surface area contributed by atoms with Gasteiger partial charge in [-0.15, -0.1) is 0 Å². The topological polar surface area (TPSA) is 91.0 Å². The summed E-state index contributed by atoms with van der Waals surface area (Å²) in [5.41, 5.74) is 10.3. The van der Waals surface area contributed by atoms with Crippen LogP contribution in [-0.4, -0.2) is 19.9 Å². The van der Waals surface area contributed by atoms with Crippen molar-refractivity contribution in [2.24, 2.45) is 0 Å². The zero-order valence-electron chi connectivity index (χ0n) is 30.2. The van der Waals surface area contributed by atoms with E-state index in [0.29, 0.717) is 23.4 Å². The molecule has 0 N–H and O–H groups in total. The third-order valence-corrected chi connectivity index (χ3v) is 10.8. The minimum Gasteiger partial charge on any atom is -0.456 e. The number of aromatic nitrogens is 4. The first kappa shape index (κ1) is 31.5. The van der Waals surface area contributed by atoms with Crippen LogP contribution in [0.25, 0.3) is 122 Å². The van der Waals surface area contributed by atoms with Crippen LogP contribution >= 0.6 is 0 Å². The summed E-state index contributed by atoms with van der Waals surface area (Å²) in [5.74, 6) is 2.29. The monoisotopic (exact) mass is 732 g/mol. The summed E-state index contributed by atoms with van der Waals surface area (Å²) in [7, 11) is 0. The van der Waals surface area contributed by atoms with E-state index in [1.165, 1.54) is 0 Å². The molecule has 12 aromatic rings. The van der Waals surface area contributed by atoms with E-state index in [1.807, 2.05) is 103 Å². The molecule has 0 unspecified atom stereocenters. The number of fused-ring (bicyclic) bond motifs is 9. The second-order valence-corrected chi connectivity index (χ2v) is 14.2. The molecule has 8 aromatic carbocycles. The van der Waals surface area contributed by atoms with E-state index < -0.39 is 0 Å². The van der Waals surface area contributed by atoms with Crippen molar-refractivity contribution in [3.63, 3.8) is 0 Å². The Morgan fingerprint density at radius 3 is 1.84 bits per heavy atom. The number of hydrogen-bond acceptors (Lipinski definition) is 7. The van der Waals surface area contributed by atoms with E-state index in [4.69, 9.17) is 33.2 Å². The molecule has 0 fully saturated rings. The zero-order chi connectivity index (χ0) is 37.5. The van der Waals surface area contributed by atoms with Gasteiger partial charge in [0, 0.05) is 49.2 Å². The van der Waals surface area contributed by atoms with Gasteiger partial charge in [0.1, 0.15) is 27.8 Å². The van der Waals surface area contributed by atoms with Crippen molar-refractivity contribution >= 4 is 65.7 Å². The summed E-state index contributed by atoms with van der Waals surface area (Å²) >= 11 is 0. The summed E-state index contributed by atoms with van der Waals surface area (Å²) in [4.78, 5) is 20.1. The highest BCUT2D eigenvalue weighted by Crippen LogP contribution is 2.41. The van der Waals surface area contributed by atoms with Gasteiger partial charge >= 0.3 is 0 Å². The molecule has 266 valence electrons. The van der Waals surface area contributed by atoms with E-state index in [-0.39, 0.29) is 0 Å². The number of nitrogens with zero attached hydrogens (tertiary/aromatic N) is 4. The molecule has 7 heteroatoms. The Labute approximate surface area is 324 Å². The number of rotatable bonds is 5. The lowest BCUT2D eigenvalue weighted by molar-refractivity contribution is 0.623. The Kier molecular flexibility index (Phi) is 6.79. The van der Waals surface area contributed by atoms with Crippen LogP contribution < -0.4 is 0 Å². The van der Waals surface area contributed by atoms with Gasteiger partial charge in [-0.2, -0.15) is 0 Å². The van der Waals surface area contributed by atoms with Gasteiger partial charge < -0.3 is 13.3 Å². The van der Waals surface area contributed by atoms with Crippen LogP contribution in [0.15, 0.2) is 183 Å². The van der Waals surface area contributed by atoms with Gasteiger partial charge in [-0.3, -0.25) is 0 Å². The summed E-state index contributed by atoms with van der Waals surface area (Å²) < 4.78 is 19.4. The van der Waals surface area contributed by atoms with Crippen LogP contribution in [-0.2, 0) is 0 Å². The molecule has 7 nitrogen and oxygen atoms in total. The average molecular weight is 733 g/mol. The molecule has 0 aliphatic rings. The molecule has 0 atom stereocenters. The Hall–Kier alpha value is -7.90. The van der Waals surface area contributed by atoms with Crippen LogP contribution in [0.5, 0.6) is 0 Å². The molecule has 0 aliphatic carbocycles. The Bertz CT molecular complexity index is 3530. The molecule has 4 aromatic heterocycles. The van der Waals surface area contributed by atoms with E-state index in [9.17, 15) is 0 Å². The van der Waals surface area contributed by atoms with Crippen molar-refractivity contribution < 1.29 is 13.3 Å². The number of benzene rings is 8. The molecule has 0 spiro atoms. The maximum atomic E-state index is 6.63. The highest BCUT2D eigenvalue weighted by Gasteiger charge is 2.20. The molecule has 4 heterocycles. The second kappa shape index (κ2) is 12.3. The Balaban J connectivity index is 1.02. The lowest BCUT2D eigenvalue weighted by atomic mass is 9.96. The van der Waals surface area contributed by atoms with Crippen LogP contribution in [0.4, 0.5) is 0 Å². The number of furan rings is 2. The average Bonchev–Trinajstić information content (AvgIpc) is 4.00. The predicted octanol–water partition coefficient (Wildman–Crippen LogP) is 13.3. The first-order chi connectivity index (χ1) is 28.2. The summed E-state index contributed by atoms with van der Waals surface area (Å²) in [6.07, 6.45) is 0. The second-order valence-electron chi connectivity index (χ2n) is 14.2. The molecule has 0 bridgehead atoms. The standard InChI is InChI=1S/C50H28N4O3/c1-3-11-30(12-4-1)47-52-48(33-22-24-36-35-16-7-8-19-40(35)55-42(36)28-33)54-49(53-47)38-18-10-20-41-45(38)37-25-21-32(27-43(37)56-41)34-17-9-15-29-23-26-39-46(44(29)34)57-50(51-39)31-13-5-2-6-14-31/h1-28H. The summed E-state index contributed by atoms with van der Waals surface area (Å²) in [6.45, 7) is 0. The zero-order valence-corrected chi connectivity index (χ0v) is 30.2. The molecule has 12 rings (SSSR count). The number of oxazole rings is 1. The maximum Gasteiger partial charge on any atom is 0.227 e. The van der Waals surface area contributed by atoms with Crippen molar-refractivity contribution in [3.8, 4) is 56.7 Å². The van der Waals surface area contributed by atoms with Crippen LogP contribution in [0, 0.1) is 0 Å². The quantitative estimate of drug-likeness (QED) is 0.174. The smallest absolute Gasteiger partial charge is 0.227 e. The van der Waals surface area contributed by atoms with E-state index in [0.717, 1.165) is 99.1 Å². The highest BCUT2D eigenvalue weighted by molar-refractivity contribution is 6.15. The molecule has 0 aliphatic heterocycles. The first-order valence-corrected chi connectivity index (χ1v) is 18.8. The summed E-state index contributed by atoms with van der Waals surface area (Å²) in [6, 6.07) is 57.1. The van der Waals surface area contributed by atoms with Gasteiger partial charge in [-0.05, 0) is 71.1 Å². The first-order valence-electron chi connectivity index (χ1n) is 18.8. The van der Waals surface area contributed by atoms with Crippen molar-refractivity contribution in [1.82, 2.24) is 19.9 Å². The Morgan fingerprint density at radius 2 is 0.965 bits per heavy atom. The fourth-order valence-corrected chi connectivity index (χ4v) is 8.09. The summed E-state index contributed by atoms with van der Waals surface area (Å²) in [5, 5.41) is 6.10. The van der Waals surface area contributed by atoms with Gasteiger partial charge in [-0.1, -0.05) is 115 Å². The van der Waals surface area contributed by atoms with Crippen LogP contribution in [0.3, 0.4) is 0 Å². The third kappa shape index (κ3) is 5.06. The largest absolute Gasteiger partial charge is 0.456 e. The van der Waals surface area contributed by atoms with Gasteiger partial charge in [0.25, 0.3) is 0 Å². The van der Waals surface area contributed by atoms with Gasteiger partial charge in [0.05, 0.1) is 0 Å². The minimum absolute atomic E-state index is 0.553. The highest BCUT2D eigenvalue weighted by atomic mass is 16.3. The number of hydrogen-bond donors (Lipinski definition) is 0. The third-order valence-electron chi connectivity index (χ3n) is 10.8. The molecular weight excluding hydrogens is 705 g/mol. The van der Waals surface area contributed by atoms with Gasteiger partial charge in [-0.25, -0.2) is 19.9 Å². The molecule has 57 heavy (non-hydrogen) atoms. The lowest BCUT2D eigenvalue weighted by Gasteiger charge is -2.09. The van der Waals surface area contributed by atoms with Gasteiger partial charge in [0.15, 0.2) is 23.1 Å². The SMILES string of the molecule is c1ccc(-c2nc(-c3ccc4c(c3)oc3ccccc34)nc(-c3cccc4oc5cc(-c6cccc7ccc8nc(-c9ccccc9)oc8c67)ccc5c34)n2)cc1. The normalized spacial score (nSPS) is 11.9. The Morgan fingerprint density at radius 1 is 0.333 bits per heavy atom. The van der Waals surface area contributed by atoms with Crippen molar-refractivity contribution in [3.05, 3.63) is 170 Å². The van der Waals surface area contributed by atoms with Crippen LogP contribution in [0.2, 0.25) is 0 Å². The molecule has 0 saturated heterocycles. The molecular formula is C50H28N4O3. The van der Waals surface area contributed by atoms with E-state index in [1.54, 1.807) is 0 Å².